The van der Waals surface area contributed by atoms with Crippen LogP contribution in [-0.2, 0) is 11.2 Å². The normalized spacial score (nSPS) is 12.4. The SMILES string of the molecule is COc1cccc(OC)c1-c1ccc2cnc([S+](C)[O-])nn12. The second-order valence-corrected chi connectivity index (χ2v) is 5.86. The van der Waals surface area contributed by atoms with Crippen LogP contribution >= 0.6 is 0 Å². The standard InChI is InChI=1S/C15H15N3O3S/c1-20-12-5-4-6-13(21-2)14(12)11-8-7-10-9-16-15(22(3)19)17-18(10)11/h4-9H,1-3H3. The molecule has 3 aromatic rings. The predicted octanol–water partition coefficient (Wildman–Crippen LogP) is 2.15. The third kappa shape index (κ3) is 2.38. The van der Waals surface area contributed by atoms with Gasteiger partial charge in [-0.05, 0) is 24.3 Å². The Bertz CT molecular complexity index is 795. The van der Waals surface area contributed by atoms with Crippen molar-refractivity contribution in [2.75, 3.05) is 20.5 Å². The van der Waals surface area contributed by atoms with E-state index in [1.165, 1.54) is 0 Å². The number of ether oxygens (including phenoxy) is 2. The van der Waals surface area contributed by atoms with Gasteiger partial charge in [0.2, 0.25) is 0 Å². The van der Waals surface area contributed by atoms with Crippen LogP contribution in [0.2, 0.25) is 0 Å². The van der Waals surface area contributed by atoms with Crippen LogP contribution in [0.25, 0.3) is 16.8 Å². The summed E-state index contributed by atoms with van der Waals surface area (Å²) in [5.41, 5.74) is 2.38. The molecule has 0 aliphatic heterocycles. The summed E-state index contributed by atoms with van der Waals surface area (Å²) in [4.78, 5) is 4.10. The molecule has 0 radical (unpaired) electrons. The first-order chi connectivity index (χ1) is 10.7. The number of aromatic nitrogens is 3. The minimum atomic E-state index is -1.25. The maximum Gasteiger partial charge on any atom is 0.359 e. The topological polar surface area (TPSA) is 71.7 Å². The van der Waals surface area contributed by atoms with Gasteiger partial charge in [0.05, 0.1) is 37.2 Å². The first-order valence-electron chi connectivity index (χ1n) is 6.55. The highest BCUT2D eigenvalue weighted by atomic mass is 32.2. The van der Waals surface area contributed by atoms with Crippen LogP contribution in [-0.4, -0.2) is 39.6 Å². The minimum absolute atomic E-state index is 0.277. The number of fused-ring (bicyclic) bond motifs is 1. The molecular weight excluding hydrogens is 302 g/mol. The summed E-state index contributed by atoms with van der Waals surface area (Å²) in [6, 6.07) is 9.38. The monoisotopic (exact) mass is 317 g/mol. The van der Waals surface area contributed by atoms with E-state index in [1.54, 1.807) is 31.2 Å². The molecular formula is C15H15N3O3S. The number of benzene rings is 1. The molecule has 1 unspecified atom stereocenters. The molecule has 114 valence electrons. The molecule has 2 heterocycles. The molecule has 0 N–H and O–H groups in total. The van der Waals surface area contributed by atoms with Crippen LogP contribution in [0.5, 0.6) is 11.5 Å². The van der Waals surface area contributed by atoms with Crippen molar-refractivity contribution in [3.63, 3.8) is 0 Å². The first-order valence-corrected chi connectivity index (χ1v) is 8.11. The van der Waals surface area contributed by atoms with Crippen LogP contribution in [0.15, 0.2) is 41.7 Å². The van der Waals surface area contributed by atoms with Crippen LogP contribution in [0.1, 0.15) is 0 Å². The summed E-state index contributed by atoms with van der Waals surface area (Å²) in [6.07, 6.45) is 3.20. The van der Waals surface area contributed by atoms with Crippen molar-refractivity contribution >= 4 is 16.7 Å². The largest absolute Gasteiger partial charge is 0.609 e. The Kier molecular flexibility index (Phi) is 3.91. The lowest BCUT2D eigenvalue weighted by Gasteiger charge is -2.13. The number of hydrogen-bond donors (Lipinski definition) is 0. The van der Waals surface area contributed by atoms with Gasteiger partial charge in [0.25, 0.3) is 0 Å². The molecule has 7 heteroatoms. The summed E-state index contributed by atoms with van der Waals surface area (Å²) < 4.78 is 24.2. The van der Waals surface area contributed by atoms with Gasteiger partial charge in [-0.3, -0.25) is 0 Å². The van der Waals surface area contributed by atoms with E-state index in [9.17, 15) is 4.55 Å². The molecule has 0 saturated heterocycles. The second-order valence-electron chi connectivity index (χ2n) is 4.59. The summed E-state index contributed by atoms with van der Waals surface area (Å²) in [7, 11) is 3.21. The number of hydrogen-bond acceptors (Lipinski definition) is 5. The Morgan fingerprint density at radius 2 is 1.77 bits per heavy atom. The Morgan fingerprint density at radius 3 is 2.36 bits per heavy atom. The van der Waals surface area contributed by atoms with Gasteiger partial charge in [-0.1, -0.05) is 11.2 Å². The highest BCUT2D eigenvalue weighted by Crippen LogP contribution is 2.38. The van der Waals surface area contributed by atoms with Gasteiger partial charge >= 0.3 is 5.16 Å². The number of nitrogens with zero attached hydrogens (tertiary/aromatic N) is 3. The molecule has 6 nitrogen and oxygen atoms in total. The lowest BCUT2D eigenvalue weighted by molar-refractivity contribution is 0.397. The van der Waals surface area contributed by atoms with Gasteiger partial charge in [0.1, 0.15) is 17.8 Å². The van der Waals surface area contributed by atoms with Crippen LogP contribution in [0, 0.1) is 0 Å². The second kappa shape index (κ2) is 5.86. The van der Waals surface area contributed by atoms with Crippen molar-refractivity contribution in [2.45, 2.75) is 5.16 Å². The van der Waals surface area contributed by atoms with Crippen molar-refractivity contribution in [2.24, 2.45) is 0 Å². The average Bonchev–Trinajstić information content (AvgIpc) is 2.96. The van der Waals surface area contributed by atoms with E-state index in [-0.39, 0.29) is 5.16 Å². The maximum absolute atomic E-state index is 11.6. The van der Waals surface area contributed by atoms with Crippen LogP contribution in [0.3, 0.4) is 0 Å². The molecule has 0 bridgehead atoms. The van der Waals surface area contributed by atoms with E-state index in [1.807, 2.05) is 30.3 Å². The highest BCUT2D eigenvalue weighted by Gasteiger charge is 2.18. The number of methoxy groups -OCH3 is 2. The molecule has 0 saturated carbocycles. The van der Waals surface area contributed by atoms with Gasteiger partial charge in [-0.2, -0.15) is 4.98 Å². The molecule has 0 aliphatic carbocycles. The van der Waals surface area contributed by atoms with Gasteiger partial charge in [-0.15, -0.1) is 0 Å². The molecule has 1 aromatic carbocycles. The van der Waals surface area contributed by atoms with E-state index in [0.717, 1.165) is 16.8 Å². The van der Waals surface area contributed by atoms with Gasteiger partial charge in [0.15, 0.2) is 0 Å². The fourth-order valence-electron chi connectivity index (χ4n) is 2.31. The predicted molar refractivity (Wildman–Crippen MR) is 83.9 cm³/mol. The summed E-state index contributed by atoms with van der Waals surface area (Å²) in [6.45, 7) is 0. The zero-order chi connectivity index (χ0) is 15.7. The van der Waals surface area contributed by atoms with E-state index in [2.05, 4.69) is 10.1 Å². The van der Waals surface area contributed by atoms with Gasteiger partial charge < -0.3 is 14.0 Å². The lowest BCUT2D eigenvalue weighted by atomic mass is 10.1. The van der Waals surface area contributed by atoms with Crippen LogP contribution in [0.4, 0.5) is 0 Å². The molecule has 22 heavy (non-hydrogen) atoms. The Labute approximate surface area is 130 Å². The van der Waals surface area contributed by atoms with E-state index >= 15 is 0 Å². The maximum atomic E-state index is 11.6. The summed E-state index contributed by atoms with van der Waals surface area (Å²) in [5, 5.41) is 4.63. The zero-order valence-corrected chi connectivity index (χ0v) is 13.3. The zero-order valence-electron chi connectivity index (χ0n) is 12.4. The van der Waals surface area contributed by atoms with Crippen molar-refractivity contribution < 1.29 is 14.0 Å². The van der Waals surface area contributed by atoms with Crippen molar-refractivity contribution in [1.29, 1.82) is 0 Å². The number of rotatable bonds is 4. The quantitative estimate of drug-likeness (QED) is 0.690. The fourth-order valence-corrected chi connectivity index (χ4v) is 2.71. The van der Waals surface area contributed by atoms with E-state index in [0.29, 0.717) is 11.5 Å². The van der Waals surface area contributed by atoms with Crippen molar-refractivity contribution in [1.82, 2.24) is 14.6 Å². The smallest absolute Gasteiger partial charge is 0.359 e. The molecule has 0 aliphatic rings. The molecule has 3 rings (SSSR count). The molecule has 0 fully saturated rings. The third-order valence-electron chi connectivity index (χ3n) is 3.32. The third-order valence-corrected chi connectivity index (χ3v) is 4.02. The molecule has 1 atom stereocenters. The lowest BCUT2D eigenvalue weighted by Crippen LogP contribution is -2.08. The Morgan fingerprint density at radius 1 is 1.09 bits per heavy atom. The molecule has 0 amide bonds. The van der Waals surface area contributed by atoms with Crippen LogP contribution < -0.4 is 9.47 Å². The van der Waals surface area contributed by atoms with Gasteiger partial charge in [0, 0.05) is 11.2 Å². The minimum Gasteiger partial charge on any atom is -0.609 e. The Balaban J connectivity index is 2.28. The van der Waals surface area contributed by atoms with E-state index < -0.39 is 11.2 Å². The Hall–Kier alpha value is -2.25. The van der Waals surface area contributed by atoms with Gasteiger partial charge in [-0.25, -0.2) is 4.52 Å². The van der Waals surface area contributed by atoms with E-state index in [4.69, 9.17) is 9.47 Å². The van der Waals surface area contributed by atoms with Crippen molar-refractivity contribution in [3.05, 3.63) is 36.5 Å². The first kappa shape index (κ1) is 14.7. The molecule has 2 aromatic heterocycles. The average molecular weight is 317 g/mol. The summed E-state index contributed by atoms with van der Waals surface area (Å²) in [5.74, 6) is 1.36. The van der Waals surface area contributed by atoms with Crippen molar-refractivity contribution in [3.8, 4) is 22.8 Å². The molecule has 0 spiro atoms. The fraction of sp³-hybridized carbons (Fsp3) is 0.200. The summed E-state index contributed by atoms with van der Waals surface area (Å²) >= 11 is -1.25. The highest BCUT2D eigenvalue weighted by molar-refractivity contribution is 7.90.